The van der Waals surface area contributed by atoms with Gasteiger partial charge in [-0.15, -0.1) is 0 Å². The van der Waals surface area contributed by atoms with Gasteiger partial charge in [0.1, 0.15) is 17.4 Å². The second-order valence-electron chi connectivity index (χ2n) is 11.9. The fourth-order valence-electron chi connectivity index (χ4n) is 6.44. The number of halogens is 1. The molecule has 0 unspecified atom stereocenters. The van der Waals surface area contributed by atoms with E-state index >= 15 is 0 Å². The molecular weight excluding hydrogens is 606 g/mol. The van der Waals surface area contributed by atoms with Crippen molar-refractivity contribution in [3.8, 4) is 5.75 Å². The molecule has 3 heterocycles. The first-order valence-corrected chi connectivity index (χ1v) is 16.0. The monoisotopic (exact) mass is 641 g/mol. The molecule has 1 N–H and O–H groups in total. The number of nitrogens with zero attached hydrogens (tertiary/aromatic N) is 2. The van der Waals surface area contributed by atoms with Gasteiger partial charge in [0, 0.05) is 50.1 Å². The predicted molar refractivity (Wildman–Crippen MR) is 175 cm³/mol. The number of rotatable bonds is 9. The number of hydrogen-bond donors (Lipinski definition) is 1. The zero-order valence-corrected chi connectivity index (χ0v) is 26.4. The molecule has 2 saturated heterocycles. The molecule has 0 aliphatic carbocycles. The van der Waals surface area contributed by atoms with Gasteiger partial charge in [-0.2, -0.15) is 0 Å². The van der Waals surface area contributed by atoms with E-state index in [4.69, 9.17) is 20.8 Å². The number of carbonyl (C=O) groups is 3. The Labute approximate surface area is 272 Å². The Bertz CT molecular complexity index is 1810. The summed E-state index contributed by atoms with van der Waals surface area (Å²) < 4.78 is 11.0. The minimum Gasteiger partial charge on any atom is -0.497 e. The van der Waals surface area contributed by atoms with Crippen LogP contribution >= 0.6 is 11.6 Å². The lowest BCUT2D eigenvalue weighted by Crippen LogP contribution is -2.51. The molecule has 0 saturated carbocycles. The average molecular weight is 642 g/mol. The number of hydrogen-bond acceptors (Lipinski definition) is 6. The summed E-state index contributed by atoms with van der Waals surface area (Å²) in [5, 5.41) is 3.71. The zero-order chi connectivity index (χ0) is 32.2. The number of fused-ring (bicyclic) bond motifs is 1. The molecule has 6 rings (SSSR count). The van der Waals surface area contributed by atoms with Gasteiger partial charge in [0.25, 0.3) is 5.91 Å². The summed E-state index contributed by atoms with van der Waals surface area (Å²) in [7, 11) is 1.50. The number of piperidine rings is 1. The number of amides is 3. The smallest absolute Gasteiger partial charge is 0.287 e. The Morgan fingerprint density at radius 3 is 2.48 bits per heavy atom. The molecule has 46 heavy (non-hydrogen) atoms. The fourth-order valence-corrected chi connectivity index (χ4v) is 6.57. The summed E-state index contributed by atoms with van der Waals surface area (Å²) in [4.78, 5) is 56.3. The van der Waals surface area contributed by atoms with E-state index in [9.17, 15) is 19.2 Å². The van der Waals surface area contributed by atoms with Gasteiger partial charge in [-0.1, -0.05) is 48.0 Å². The van der Waals surface area contributed by atoms with Crippen LogP contribution in [-0.4, -0.2) is 60.3 Å². The van der Waals surface area contributed by atoms with Crippen molar-refractivity contribution in [2.75, 3.05) is 26.7 Å². The Hall–Kier alpha value is -4.63. The van der Waals surface area contributed by atoms with Crippen molar-refractivity contribution in [1.82, 2.24) is 15.1 Å². The van der Waals surface area contributed by atoms with Crippen LogP contribution in [0.1, 0.15) is 58.8 Å². The van der Waals surface area contributed by atoms with Gasteiger partial charge >= 0.3 is 0 Å². The topological polar surface area (TPSA) is 109 Å². The van der Waals surface area contributed by atoms with Gasteiger partial charge in [-0.05, 0) is 72.2 Å². The van der Waals surface area contributed by atoms with Crippen molar-refractivity contribution in [2.45, 2.75) is 50.6 Å². The highest BCUT2D eigenvalue weighted by Crippen LogP contribution is 2.32. The van der Waals surface area contributed by atoms with Crippen molar-refractivity contribution in [3.63, 3.8) is 0 Å². The first-order valence-electron chi connectivity index (χ1n) is 15.6. The van der Waals surface area contributed by atoms with Crippen LogP contribution in [0, 0.1) is 0 Å². The summed E-state index contributed by atoms with van der Waals surface area (Å²) in [5.41, 5.74) is 3.07. The van der Waals surface area contributed by atoms with Crippen LogP contribution < -0.4 is 15.5 Å². The number of nitrogens with one attached hydrogen (secondary N) is 1. The SMILES string of the molecule is COc1ccc2oc(C(=O)N[C@@H](Cc3ccc(Cl)cc3)C(=O)N3CCC(c4ccccc4CN4CCCC4=O)CC3)cc(=O)c2c1. The molecule has 9 nitrogen and oxygen atoms in total. The van der Waals surface area contributed by atoms with Gasteiger partial charge in [-0.3, -0.25) is 19.2 Å². The molecule has 1 aromatic heterocycles. The number of carbonyl (C=O) groups excluding carboxylic acids is 3. The standard InChI is InChI=1S/C36H36ClN3O6/c1-45-27-12-13-32-29(20-27)31(41)21-33(46-32)35(43)38-30(19-23-8-10-26(37)11-9-23)36(44)39-17-14-24(15-18-39)28-6-3-2-5-25(28)22-40-16-4-7-34(40)42/h2-3,5-6,8-13,20-21,24,30H,4,7,14-19,22H2,1H3,(H,38,43)/t30-/m0/s1. The van der Waals surface area contributed by atoms with Crippen LogP contribution in [0.5, 0.6) is 5.75 Å². The molecule has 0 bridgehead atoms. The van der Waals surface area contributed by atoms with Gasteiger partial charge < -0.3 is 24.3 Å². The van der Waals surface area contributed by atoms with Gasteiger partial charge in [-0.25, -0.2) is 0 Å². The third-order valence-corrected chi connectivity index (χ3v) is 9.20. The van der Waals surface area contributed by atoms with E-state index in [0.29, 0.717) is 42.2 Å². The molecule has 4 aromatic rings. The molecule has 1 atom stereocenters. The molecule has 2 aliphatic heterocycles. The Balaban J connectivity index is 1.18. The summed E-state index contributed by atoms with van der Waals surface area (Å²) in [6.45, 7) is 2.46. The van der Waals surface area contributed by atoms with Gasteiger partial charge in [0.15, 0.2) is 11.2 Å². The van der Waals surface area contributed by atoms with Crippen LogP contribution in [0.15, 0.2) is 82.0 Å². The van der Waals surface area contributed by atoms with Crippen LogP contribution in [0.4, 0.5) is 0 Å². The summed E-state index contributed by atoms with van der Waals surface area (Å²) in [5.74, 6) is -0.0733. The van der Waals surface area contributed by atoms with E-state index < -0.39 is 11.9 Å². The van der Waals surface area contributed by atoms with E-state index in [2.05, 4.69) is 17.4 Å². The normalized spacial score (nSPS) is 16.1. The number of methoxy groups -OCH3 is 1. The number of benzene rings is 3. The highest BCUT2D eigenvalue weighted by atomic mass is 35.5. The van der Waals surface area contributed by atoms with E-state index in [1.54, 1.807) is 35.2 Å². The zero-order valence-electron chi connectivity index (χ0n) is 25.7. The molecule has 3 amide bonds. The van der Waals surface area contributed by atoms with Crippen LogP contribution in [0.3, 0.4) is 0 Å². The minimum absolute atomic E-state index is 0.177. The fraction of sp³-hybridized carbons (Fsp3) is 0.333. The van der Waals surface area contributed by atoms with Crippen molar-refractivity contribution in [1.29, 1.82) is 0 Å². The highest BCUT2D eigenvalue weighted by Gasteiger charge is 2.32. The quantitative estimate of drug-likeness (QED) is 0.265. The van der Waals surface area contributed by atoms with E-state index in [0.717, 1.165) is 43.0 Å². The van der Waals surface area contributed by atoms with E-state index in [1.807, 2.05) is 29.2 Å². The minimum atomic E-state index is -0.893. The number of likely N-dealkylation sites (tertiary alicyclic amines) is 2. The molecule has 0 spiro atoms. The van der Waals surface area contributed by atoms with Crippen molar-refractivity contribution < 1.29 is 23.5 Å². The Kier molecular flexibility index (Phi) is 9.40. The van der Waals surface area contributed by atoms with Crippen molar-refractivity contribution in [3.05, 3.63) is 110 Å². The molecule has 0 radical (unpaired) electrons. The second kappa shape index (κ2) is 13.8. The largest absolute Gasteiger partial charge is 0.497 e. The summed E-state index contributed by atoms with van der Waals surface area (Å²) in [6.07, 6.45) is 3.28. The molecule has 10 heteroatoms. The highest BCUT2D eigenvalue weighted by molar-refractivity contribution is 6.30. The maximum atomic E-state index is 14.0. The lowest BCUT2D eigenvalue weighted by atomic mass is 9.86. The predicted octanol–water partition coefficient (Wildman–Crippen LogP) is 5.32. The molecule has 2 aliphatic rings. The van der Waals surface area contributed by atoms with Gasteiger partial charge in [0.05, 0.1) is 12.5 Å². The summed E-state index contributed by atoms with van der Waals surface area (Å²) in [6, 6.07) is 20.4. The van der Waals surface area contributed by atoms with E-state index in [1.165, 1.54) is 12.7 Å². The van der Waals surface area contributed by atoms with Crippen LogP contribution in [0.25, 0.3) is 11.0 Å². The molecular formula is C36H36ClN3O6. The maximum Gasteiger partial charge on any atom is 0.287 e. The average Bonchev–Trinajstić information content (AvgIpc) is 3.48. The lowest BCUT2D eigenvalue weighted by Gasteiger charge is -2.35. The third-order valence-electron chi connectivity index (χ3n) is 8.95. The molecule has 3 aromatic carbocycles. The van der Waals surface area contributed by atoms with Crippen LogP contribution in [0.2, 0.25) is 5.02 Å². The van der Waals surface area contributed by atoms with Crippen LogP contribution in [-0.2, 0) is 22.6 Å². The molecule has 238 valence electrons. The Morgan fingerprint density at radius 2 is 1.76 bits per heavy atom. The van der Waals surface area contributed by atoms with Gasteiger partial charge in [0.2, 0.25) is 11.8 Å². The first-order chi connectivity index (χ1) is 22.3. The molecule has 2 fully saturated rings. The number of ether oxygens (including phenoxy) is 1. The summed E-state index contributed by atoms with van der Waals surface area (Å²) >= 11 is 6.09. The van der Waals surface area contributed by atoms with E-state index in [-0.39, 0.29) is 40.9 Å². The lowest BCUT2D eigenvalue weighted by molar-refractivity contribution is -0.134. The Morgan fingerprint density at radius 1 is 1.00 bits per heavy atom. The maximum absolute atomic E-state index is 14.0. The third kappa shape index (κ3) is 6.94. The van der Waals surface area contributed by atoms with Crippen molar-refractivity contribution in [2.24, 2.45) is 0 Å². The second-order valence-corrected chi connectivity index (χ2v) is 12.3. The van der Waals surface area contributed by atoms with Crippen molar-refractivity contribution >= 4 is 40.3 Å². The first kappa shape index (κ1) is 31.4.